The Balaban J connectivity index is 2.13. The molecule has 0 aromatic heterocycles. The molecule has 0 radical (unpaired) electrons. The summed E-state index contributed by atoms with van der Waals surface area (Å²) in [5, 5.41) is 0. The van der Waals surface area contributed by atoms with Crippen molar-refractivity contribution in [2.24, 2.45) is 5.73 Å². The maximum atomic E-state index is 13.4. The van der Waals surface area contributed by atoms with Gasteiger partial charge in [0.25, 0.3) is 0 Å². The van der Waals surface area contributed by atoms with Crippen molar-refractivity contribution in [3.05, 3.63) is 63.9 Å². The molecule has 2 nitrogen and oxygen atoms in total. The van der Waals surface area contributed by atoms with Crippen molar-refractivity contribution in [2.75, 3.05) is 0 Å². The Kier molecular flexibility index (Phi) is 4.33. The van der Waals surface area contributed by atoms with E-state index in [-0.39, 0.29) is 12.4 Å². The molecule has 0 atom stereocenters. The van der Waals surface area contributed by atoms with Gasteiger partial charge >= 0.3 is 0 Å². The van der Waals surface area contributed by atoms with Gasteiger partial charge in [-0.05, 0) is 24.3 Å². The van der Waals surface area contributed by atoms with Gasteiger partial charge in [-0.1, -0.05) is 34.1 Å². The normalized spacial score (nSPS) is 10.4. The Morgan fingerprint density at radius 3 is 2.61 bits per heavy atom. The number of halogens is 2. The van der Waals surface area contributed by atoms with Gasteiger partial charge in [-0.15, -0.1) is 0 Å². The third kappa shape index (κ3) is 3.09. The van der Waals surface area contributed by atoms with Crippen molar-refractivity contribution in [1.82, 2.24) is 0 Å². The largest absolute Gasteiger partial charge is 0.488 e. The molecule has 0 aliphatic heterocycles. The highest BCUT2D eigenvalue weighted by atomic mass is 79.9. The first-order valence-electron chi connectivity index (χ1n) is 5.55. The Bertz CT molecular complexity index is 545. The van der Waals surface area contributed by atoms with Crippen molar-refractivity contribution in [1.29, 1.82) is 0 Å². The molecule has 2 rings (SSSR count). The first-order valence-corrected chi connectivity index (χ1v) is 6.34. The Hall–Kier alpha value is -1.39. The van der Waals surface area contributed by atoms with Crippen molar-refractivity contribution in [2.45, 2.75) is 13.2 Å². The first-order chi connectivity index (χ1) is 8.70. The SMILES string of the molecule is NCc1cc(Br)ccc1OCc1ccccc1F. The molecule has 18 heavy (non-hydrogen) atoms. The Morgan fingerprint density at radius 1 is 1.11 bits per heavy atom. The zero-order valence-corrected chi connectivity index (χ0v) is 11.3. The fraction of sp³-hybridized carbons (Fsp3) is 0.143. The van der Waals surface area contributed by atoms with E-state index in [9.17, 15) is 4.39 Å². The predicted molar refractivity (Wildman–Crippen MR) is 72.8 cm³/mol. The fourth-order valence-electron chi connectivity index (χ4n) is 1.62. The maximum absolute atomic E-state index is 13.4. The average molecular weight is 310 g/mol. The second-order valence-electron chi connectivity index (χ2n) is 3.84. The van der Waals surface area contributed by atoms with E-state index < -0.39 is 0 Å². The van der Waals surface area contributed by atoms with Gasteiger partial charge in [-0.3, -0.25) is 0 Å². The zero-order valence-electron chi connectivity index (χ0n) is 9.70. The molecule has 94 valence electrons. The standard InChI is InChI=1S/C14H13BrFNO/c15-12-5-6-14(11(7-12)8-17)18-9-10-3-1-2-4-13(10)16/h1-7H,8-9,17H2. The van der Waals surface area contributed by atoms with Crippen LogP contribution in [0.5, 0.6) is 5.75 Å². The summed E-state index contributed by atoms with van der Waals surface area (Å²) in [5.41, 5.74) is 7.06. The molecule has 0 bridgehead atoms. The van der Waals surface area contributed by atoms with E-state index in [0.29, 0.717) is 17.9 Å². The lowest BCUT2D eigenvalue weighted by molar-refractivity contribution is 0.296. The van der Waals surface area contributed by atoms with Crippen molar-refractivity contribution in [3.8, 4) is 5.75 Å². The summed E-state index contributed by atoms with van der Waals surface area (Å²) in [6, 6.07) is 12.2. The monoisotopic (exact) mass is 309 g/mol. The summed E-state index contributed by atoms with van der Waals surface area (Å²) in [7, 11) is 0. The predicted octanol–water partition coefficient (Wildman–Crippen LogP) is 3.63. The molecule has 0 spiro atoms. The van der Waals surface area contributed by atoms with Crippen LogP contribution in [0.4, 0.5) is 4.39 Å². The van der Waals surface area contributed by atoms with Crippen molar-refractivity contribution < 1.29 is 9.13 Å². The molecule has 2 N–H and O–H groups in total. The molecule has 4 heteroatoms. The van der Waals surface area contributed by atoms with Crippen LogP contribution in [0, 0.1) is 5.82 Å². The number of hydrogen-bond acceptors (Lipinski definition) is 2. The molecule has 2 aromatic rings. The number of nitrogens with two attached hydrogens (primary N) is 1. The first kappa shape index (κ1) is 13.1. The molecule has 0 heterocycles. The topological polar surface area (TPSA) is 35.2 Å². The minimum absolute atomic E-state index is 0.196. The summed E-state index contributed by atoms with van der Waals surface area (Å²) in [6.45, 7) is 0.577. The van der Waals surface area contributed by atoms with E-state index in [4.69, 9.17) is 10.5 Å². The van der Waals surface area contributed by atoms with E-state index >= 15 is 0 Å². The van der Waals surface area contributed by atoms with Gasteiger partial charge in [0.05, 0.1) is 0 Å². The van der Waals surface area contributed by atoms with E-state index in [2.05, 4.69) is 15.9 Å². The molecular formula is C14H13BrFNO. The third-order valence-electron chi connectivity index (χ3n) is 2.58. The smallest absolute Gasteiger partial charge is 0.129 e. The van der Waals surface area contributed by atoms with E-state index in [1.165, 1.54) is 6.07 Å². The van der Waals surface area contributed by atoms with Gasteiger partial charge in [-0.25, -0.2) is 4.39 Å². The lowest BCUT2D eigenvalue weighted by Gasteiger charge is -2.11. The minimum Gasteiger partial charge on any atom is -0.488 e. The molecule has 0 amide bonds. The van der Waals surface area contributed by atoms with Crippen molar-refractivity contribution >= 4 is 15.9 Å². The molecule has 0 unspecified atom stereocenters. The summed E-state index contributed by atoms with van der Waals surface area (Å²) >= 11 is 3.37. The summed E-state index contributed by atoms with van der Waals surface area (Å²) in [5.74, 6) is 0.424. The lowest BCUT2D eigenvalue weighted by Crippen LogP contribution is -2.03. The molecule has 2 aromatic carbocycles. The van der Waals surface area contributed by atoms with Gasteiger partial charge in [-0.2, -0.15) is 0 Å². The van der Waals surface area contributed by atoms with Crippen molar-refractivity contribution in [3.63, 3.8) is 0 Å². The van der Waals surface area contributed by atoms with Gasteiger partial charge in [0.2, 0.25) is 0 Å². The van der Waals surface area contributed by atoms with Gasteiger partial charge < -0.3 is 10.5 Å². The quantitative estimate of drug-likeness (QED) is 0.936. The van der Waals surface area contributed by atoms with Gasteiger partial charge in [0.1, 0.15) is 18.2 Å². The molecular weight excluding hydrogens is 297 g/mol. The Morgan fingerprint density at radius 2 is 1.89 bits per heavy atom. The minimum atomic E-state index is -0.260. The lowest BCUT2D eigenvalue weighted by atomic mass is 10.2. The van der Waals surface area contributed by atoms with Crippen LogP contribution in [-0.2, 0) is 13.2 Å². The van der Waals surface area contributed by atoms with E-state index in [0.717, 1.165) is 10.0 Å². The average Bonchev–Trinajstić information content (AvgIpc) is 2.39. The fourth-order valence-corrected chi connectivity index (χ4v) is 2.03. The molecule has 0 saturated carbocycles. The van der Waals surface area contributed by atoms with Crippen LogP contribution in [-0.4, -0.2) is 0 Å². The number of hydrogen-bond donors (Lipinski definition) is 1. The van der Waals surface area contributed by atoms with Crippen LogP contribution in [0.2, 0.25) is 0 Å². The second-order valence-corrected chi connectivity index (χ2v) is 4.75. The molecule has 0 aliphatic rings. The molecule has 0 aliphatic carbocycles. The number of rotatable bonds is 4. The van der Waals surface area contributed by atoms with E-state index in [1.807, 2.05) is 18.2 Å². The van der Waals surface area contributed by atoms with Crippen LogP contribution in [0.25, 0.3) is 0 Å². The van der Waals surface area contributed by atoms with Crippen LogP contribution in [0.15, 0.2) is 46.9 Å². The highest BCUT2D eigenvalue weighted by Gasteiger charge is 2.05. The van der Waals surface area contributed by atoms with Crippen LogP contribution < -0.4 is 10.5 Å². The van der Waals surface area contributed by atoms with Crippen LogP contribution >= 0.6 is 15.9 Å². The summed E-state index contributed by atoms with van der Waals surface area (Å²) < 4.78 is 20.0. The second kappa shape index (κ2) is 5.98. The molecule has 0 saturated heterocycles. The third-order valence-corrected chi connectivity index (χ3v) is 3.08. The van der Waals surface area contributed by atoms with Gasteiger partial charge in [0, 0.05) is 22.1 Å². The van der Waals surface area contributed by atoms with Gasteiger partial charge in [0.15, 0.2) is 0 Å². The van der Waals surface area contributed by atoms with Crippen LogP contribution in [0.1, 0.15) is 11.1 Å². The maximum Gasteiger partial charge on any atom is 0.129 e. The van der Waals surface area contributed by atoms with Crippen LogP contribution in [0.3, 0.4) is 0 Å². The Labute approximate surface area is 114 Å². The number of ether oxygens (including phenoxy) is 1. The van der Waals surface area contributed by atoms with E-state index in [1.54, 1.807) is 18.2 Å². The summed E-state index contributed by atoms with van der Waals surface area (Å²) in [4.78, 5) is 0. The summed E-state index contributed by atoms with van der Waals surface area (Å²) in [6.07, 6.45) is 0. The highest BCUT2D eigenvalue weighted by Crippen LogP contribution is 2.24. The highest BCUT2D eigenvalue weighted by molar-refractivity contribution is 9.10. The zero-order chi connectivity index (χ0) is 13.0. The molecule has 0 fully saturated rings. The number of benzene rings is 2.